The van der Waals surface area contributed by atoms with Crippen LogP contribution in [-0.2, 0) is 18.3 Å². The number of carboxylic acid groups (broad SMARTS) is 1. The number of hydrogen-bond donors (Lipinski definition) is 2. The number of aromatic amines is 1. The molecule has 3 rings (SSSR count). The number of nitrogens with one attached hydrogen (secondary N) is 1. The van der Waals surface area contributed by atoms with Crippen LogP contribution in [0.15, 0.2) is 30.5 Å². The van der Waals surface area contributed by atoms with Gasteiger partial charge in [0.15, 0.2) is 0 Å². The van der Waals surface area contributed by atoms with E-state index in [1.807, 2.05) is 49.0 Å². The molecule has 0 amide bonds. The fourth-order valence-electron chi connectivity index (χ4n) is 2.44. The second kappa shape index (κ2) is 4.52. The first-order valence-corrected chi connectivity index (χ1v) is 6.38. The fraction of sp³-hybridized carbons (Fsp3) is 0.200. The highest BCUT2D eigenvalue weighted by Crippen LogP contribution is 2.28. The maximum Gasteiger partial charge on any atom is 0.309 e. The van der Waals surface area contributed by atoms with Gasteiger partial charge in [-0.2, -0.15) is 0 Å². The summed E-state index contributed by atoms with van der Waals surface area (Å²) in [6.45, 7) is 1.89. The van der Waals surface area contributed by atoms with Crippen molar-refractivity contribution in [3.63, 3.8) is 0 Å². The maximum atomic E-state index is 10.9. The summed E-state index contributed by atoms with van der Waals surface area (Å²) in [5.74, 6) is -0.0760. The van der Waals surface area contributed by atoms with Gasteiger partial charge in [0, 0.05) is 35.4 Å². The summed E-state index contributed by atoms with van der Waals surface area (Å²) < 4.78 is 1.94. The number of carbonyl (C=O) groups is 1. The highest BCUT2D eigenvalue weighted by atomic mass is 16.4. The quantitative estimate of drug-likeness (QED) is 0.767. The molecule has 3 aromatic rings. The van der Waals surface area contributed by atoms with Crippen LogP contribution >= 0.6 is 0 Å². The van der Waals surface area contributed by atoms with E-state index in [9.17, 15) is 4.79 Å². The summed E-state index contributed by atoms with van der Waals surface area (Å²) in [5, 5.41) is 10.0. The number of para-hydroxylation sites is 1. The highest BCUT2D eigenvalue weighted by Gasteiger charge is 2.17. The lowest BCUT2D eigenvalue weighted by molar-refractivity contribution is -0.136. The lowest BCUT2D eigenvalue weighted by Gasteiger charge is -2.01. The predicted octanol–water partition coefficient (Wildman–Crippen LogP) is 2.50. The van der Waals surface area contributed by atoms with Crippen LogP contribution in [0.25, 0.3) is 22.3 Å². The SMILES string of the molecule is Cc1c(CC(=O)O)nc(-c2c[nH]c3ccccc23)n1C. The molecule has 0 saturated heterocycles. The molecule has 5 heteroatoms. The molecule has 0 aliphatic heterocycles. The van der Waals surface area contributed by atoms with E-state index in [1.54, 1.807) is 0 Å². The smallest absolute Gasteiger partial charge is 0.309 e. The van der Waals surface area contributed by atoms with Crippen molar-refractivity contribution in [3.8, 4) is 11.4 Å². The fourth-order valence-corrected chi connectivity index (χ4v) is 2.44. The molecule has 0 unspecified atom stereocenters. The Hall–Kier alpha value is -2.56. The molecule has 0 aliphatic carbocycles. The standard InChI is InChI=1S/C15H15N3O2/c1-9-13(7-14(19)20)17-15(18(9)2)11-8-16-12-6-4-3-5-10(11)12/h3-6,8,16H,7H2,1-2H3,(H,19,20). The van der Waals surface area contributed by atoms with E-state index >= 15 is 0 Å². The molecular formula is C15H15N3O2. The molecule has 0 bridgehead atoms. The van der Waals surface area contributed by atoms with E-state index in [2.05, 4.69) is 9.97 Å². The molecule has 2 aromatic heterocycles. The molecule has 102 valence electrons. The molecule has 0 radical (unpaired) electrons. The first-order chi connectivity index (χ1) is 9.58. The van der Waals surface area contributed by atoms with Gasteiger partial charge in [-0.05, 0) is 13.0 Å². The van der Waals surface area contributed by atoms with Crippen LogP contribution in [0.5, 0.6) is 0 Å². The molecule has 0 fully saturated rings. The average molecular weight is 269 g/mol. The zero-order valence-electron chi connectivity index (χ0n) is 11.3. The monoisotopic (exact) mass is 269 g/mol. The number of nitrogens with zero attached hydrogens (tertiary/aromatic N) is 2. The van der Waals surface area contributed by atoms with E-state index < -0.39 is 5.97 Å². The number of H-pyrrole nitrogens is 1. The molecule has 20 heavy (non-hydrogen) atoms. The van der Waals surface area contributed by atoms with Crippen LogP contribution in [0.2, 0.25) is 0 Å². The average Bonchev–Trinajstić information content (AvgIpc) is 2.95. The first-order valence-electron chi connectivity index (χ1n) is 6.38. The van der Waals surface area contributed by atoms with E-state index in [0.29, 0.717) is 5.69 Å². The number of aromatic nitrogens is 3. The highest BCUT2D eigenvalue weighted by molar-refractivity contribution is 5.94. The van der Waals surface area contributed by atoms with E-state index in [4.69, 9.17) is 5.11 Å². The Morgan fingerprint density at radius 2 is 2.15 bits per heavy atom. The Kier molecular flexibility index (Phi) is 2.82. The number of fused-ring (bicyclic) bond motifs is 1. The Labute approximate surface area is 115 Å². The minimum absolute atomic E-state index is 0.0535. The van der Waals surface area contributed by atoms with Gasteiger partial charge < -0.3 is 14.7 Å². The Bertz CT molecular complexity index is 799. The molecular weight excluding hydrogens is 254 g/mol. The summed E-state index contributed by atoms with van der Waals surface area (Å²) in [7, 11) is 1.91. The summed E-state index contributed by atoms with van der Waals surface area (Å²) in [6, 6.07) is 7.99. The summed E-state index contributed by atoms with van der Waals surface area (Å²) in [5.41, 5.74) is 3.53. The third-order valence-electron chi connectivity index (χ3n) is 3.63. The van der Waals surface area contributed by atoms with Crippen LogP contribution < -0.4 is 0 Å². The molecule has 2 heterocycles. The van der Waals surface area contributed by atoms with Crippen molar-refractivity contribution in [2.75, 3.05) is 0 Å². The Morgan fingerprint density at radius 3 is 2.90 bits per heavy atom. The van der Waals surface area contributed by atoms with Gasteiger partial charge in [0.2, 0.25) is 0 Å². The van der Waals surface area contributed by atoms with Crippen molar-refractivity contribution in [2.24, 2.45) is 7.05 Å². The molecule has 1 aromatic carbocycles. The van der Waals surface area contributed by atoms with Crippen molar-refractivity contribution in [3.05, 3.63) is 41.9 Å². The molecule has 0 atom stereocenters. The Balaban J connectivity index is 2.17. The van der Waals surface area contributed by atoms with Crippen molar-refractivity contribution in [1.29, 1.82) is 0 Å². The van der Waals surface area contributed by atoms with Gasteiger partial charge in [0.25, 0.3) is 0 Å². The number of hydrogen-bond acceptors (Lipinski definition) is 2. The zero-order chi connectivity index (χ0) is 14.3. The second-order valence-electron chi connectivity index (χ2n) is 4.84. The van der Waals surface area contributed by atoms with E-state index in [0.717, 1.165) is 28.0 Å². The molecule has 0 saturated carbocycles. The summed E-state index contributed by atoms with van der Waals surface area (Å²) >= 11 is 0. The first kappa shape index (κ1) is 12.5. The van der Waals surface area contributed by atoms with E-state index in [-0.39, 0.29) is 6.42 Å². The predicted molar refractivity (Wildman–Crippen MR) is 76.6 cm³/mol. The van der Waals surface area contributed by atoms with Gasteiger partial charge in [-0.1, -0.05) is 18.2 Å². The number of benzene rings is 1. The van der Waals surface area contributed by atoms with E-state index in [1.165, 1.54) is 0 Å². The molecule has 5 nitrogen and oxygen atoms in total. The summed E-state index contributed by atoms with van der Waals surface area (Å²) in [4.78, 5) is 18.6. The number of carboxylic acids is 1. The van der Waals surface area contributed by atoms with Crippen LogP contribution in [0.3, 0.4) is 0 Å². The van der Waals surface area contributed by atoms with Crippen molar-refractivity contribution < 1.29 is 9.90 Å². The third-order valence-corrected chi connectivity index (χ3v) is 3.63. The lowest BCUT2D eigenvalue weighted by atomic mass is 10.1. The zero-order valence-corrected chi connectivity index (χ0v) is 11.3. The van der Waals surface area contributed by atoms with Crippen LogP contribution in [0, 0.1) is 6.92 Å². The summed E-state index contributed by atoms with van der Waals surface area (Å²) in [6.07, 6.45) is 1.86. The maximum absolute atomic E-state index is 10.9. The minimum atomic E-state index is -0.864. The van der Waals surface area contributed by atoms with Crippen molar-refractivity contribution in [2.45, 2.75) is 13.3 Å². The van der Waals surface area contributed by atoms with Gasteiger partial charge in [-0.3, -0.25) is 4.79 Å². The van der Waals surface area contributed by atoms with Gasteiger partial charge in [-0.25, -0.2) is 4.98 Å². The van der Waals surface area contributed by atoms with Crippen LogP contribution in [0.4, 0.5) is 0 Å². The van der Waals surface area contributed by atoms with Crippen LogP contribution in [0.1, 0.15) is 11.4 Å². The minimum Gasteiger partial charge on any atom is -0.481 e. The largest absolute Gasteiger partial charge is 0.481 e. The number of aliphatic carboxylic acids is 1. The topological polar surface area (TPSA) is 70.9 Å². The van der Waals surface area contributed by atoms with Crippen molar-refractivity contribution in [1.82, 2.24) is 14.5 Å². The van der Waals surface area contributed by atoms with Gasteiger partial charge in [0.1, 0.15) is 5.82 Å². The molecule has 0 spiro atoms. The normalized spacial score (nSPS) is 11.1. The lowest BCUT2D eigenvalue weighted by Crippen LogP contribution is -2.02. The second-order valence-corrected chi connectivity index (χ2v) is 4.84. The van der Waals surface area contributed by atoms with Crippen molar-refractivity contribution >= 4 is 16.9 Å². The van der Waals surface area contributed by atoms with Gasteiger partial charge in [-0.15, -0.1) is 0 Å². The number of rotatable bonds is 3. The molecule has 0 aliphatic rings. The third kappa shape index (κ3) is 1.87. The molecule has 2 N–H and O–H groups in total. The number of imidazole rings is 1. The van der Waals surface area contributed by atoms with Gasteiger partial charge in [0.05, 0.1) is 12.1 Å². The van der Waals surface area contributed by atoms with Gasteiger partial charge >= 0.3 is 5.97 Å². The van der Waals surface area contributed by atoms with Crippen LogP contribution in [-0.4, -0.2) is 25.6 Å². The Morgan fingerprint density at radius 1 is 1.40 bits per heavy atom.